The Morgan fingerprint density at radius 3 is 3.00 bits per heavy atom. The van der Waals surface area contributed by atoms with Crippen LogP contribution in [0.25, 0.3) is 10.6 Å². The molecule has 0 saturated carbocycles. The summed E-state index contributed by atoms with van der Waals surface area (Å²) in [6.45, 7) is 1.82. The van der Waals surface area contributed by atoms with E-state index in [0.717, 1.165) is 20.9 Å². The third kappa shape index (κ3) is 2.33. The van der Waals surface area contributed by atoms with Crippen LogP contribution in [-0.2, 0) is 11.2 Å². The molecule has 0 amide bonds. The van der Waals surface area contributed by atoms with Crippen LogP contribution in [0.2, 0.25) is 0 Å². The quantitative estimate of drug-likeness (QED) is 0.916. The number of thiophene rings is 1. The third-order valence-electron chi connectivity index (χ3n) is 2.03. The highest BCUT2D eigenvalue weighted by Gasteiger charge is 2.14. The van der Waals surface area contributed by atoms with E-state index in [1.807, 2.05) is 18.4 Å². The molecular weight excluding hydrogens is 292 g/mol. The molecule has 4 nitrogen and oxygen atoms in total. The molecule has 0 fully saturated rings. The van der Waals surface area contributed by atoms with Gasteiger partial charge in [-0.15, -0.1) is 11.3 Å². The molecular formula is C10H9BrN2O2S. The van der Waals surface area contributed by atoms with E-state index < -0.39 is 5.97 Å². The lowest BCUT2D eigenvalue weighted by Gasteiger charge is -1.96. The molecule has 0 aromatic carbocycles. The van der Waals surface area contributed by atoms with Crippen molar-refractivity contribution >= 4 is 33.2 Å². The molecule has 16 heavy (non-hydrogen) atoms. The highest BCUT2D eigenvalue weighted by molar-refractivity contribution is 9.10. The van der Waals surface area contributed by atoms with Crippen LogP contribution in [0, 0.1) is 6.92 Å². The van der Waals surface area contributed by atoms with Crippen molar-refractivity contribution < 1.29 is 9.90 Å². The highest BCUT2D eigenvalue weighted by Crippen LogP contribution is 2.31. The molecule has 84 valence electrons. The molecule has 2 aromatic rings. The molecule has 0 saturated heterocycles. The van der Waals surface area contributed by atoms with E-state index in [0.29, 0.717) is 5.69 Å². The summed E-state index contributed by atoms with van der Waals surface area (Å²) >= 11 is 4.90. The van der Waals surface area contributed by atoms with Crippen molar-refractivity contribution in [3.05, 3.63) is 27.4 Å². The first kappa shape index (κ1) is 11.3. The Labute approximate surface area is 104 Å². The van der Waals surface area contributed by atoms with Crippen LogP contribution < -0.4 is 0 Å². The van der Waals surface area contributed by atoms with Crippen LogP contribution in [0.1, 0.15) is 11.5 Å². The van der Waals surface area contributed by atoms with Gasteiger partial charge in [-0.05, 0) is 28.9 Å². The standard InChI is InChI=1S/C10H9BrN2O2S/c1-5-12-7(3-9(14)15)10(13-5)8-2-6(11)4-16-8/h2,4H,3H2,1H3,(H,12,13)(H,14,15). The average Bonchev–Trinajstić information content (AvgIpc) is 2.72. The molecule has 0 aliphatic carbocycles. The van der Waals surface area contributed by atoms with Gasteiger partial charge < -0.3 is 10.1 Å². The maximum Gasteiger partial charge on any atom is 0.309 e. The van der Waals surface area contributed by atoms with Gasteiger partial charge in [0.25, 0.3) is 0 Å². The lowest BCUT2D eigenvalue weighted by atomic mass is 10.2. The third-order valence-corrected chi connectivity index (χ3v) is 3.72. The largest absolute Gasteiger partial charge is 0.481 e. The normalized spacial score (nSPS) is 10.6. The highest BCUT2D eigenvalue weighted by atomic mass is 79.9. The number of nitrogens with zero attached hydrogens (tertiary/aromatic N) is 1. The van der Waals surface area contributed by atoms with E-state index in [1.165, 1.54) is 11.3 Å². The van der Waals surface area contributed by atoms with Crippen molar-refractivity contribution in [2.75, 3.05) is 0 Å². The van der Waals surface area contributed by atoms with E-state index >= 15 is 0 Å². The van der Waals surface area contributed by atoms with Gasteiger partial charge in [0.15, 0.2) is 0 Å². The van der Waals surface area contributed by atoms with E-state index in [2.05, 4.69) is 25.9 Å². The number of rotatable bonds is 3. The second kappa shape index (κ2) is 4.39. The van der Waals surface area contributed by atoms with Gasteiger partial charge in [-0.25, -0.2) is 4.98 Å². The fourth-order valence-electron chi connectivity index (χ4n) is 1.46. The van der Waals surface area contributed by atoms with Gasteiger partial charge >= 0.3 is 5.97 Å². The molecule has 0 radical (unpaired) electrons. The van der Waals surface area contributed by atoms with Crippen LogP contribution in [0.3, 0.4) is 0 Å². The molecule has 0 aliphatic rings. The number of carboxylic acid groups (broad SMARTS) is 1. The van der Waals surface area contributed by atoms with Crippen molar-refractivity contribution in [3.8, 4) is 10.6 Å². The van der Waals surface area contributed by atoms with Gasteiger partial charge in [-0.2, -0.15) is 0 Å². The first-order chi connectivity index (χ1) is 7.56. The molecule has 2 rings (SSSR count). The first-order valence-corrected chi connectivity index (χ1v) is 6.25. The number of nitrogens with one attached hydrogen (secondary N) is 1. The monoisotopic (exact) mass is 300 g/mol. The number of halogens is 1. The number of H-pyrrole nitrogens is 1. The SMILES string of the molecule is Cc1nc(-c2cc(Br)cs2)c(CC(=O)O)[nH]1. The number of imidazole rings is 1. The minimum Gasteiger partial charge on any atom is -0.481 e. The maximum absolute atomic E-state index is 10.7. The van der Waals surface area contributed by atoms with Crippen molar-refractivity contribution in [1.29, 1.82) is 0 Å². The van der Waals surface area contributed by atoms with Gasteiger partial charge in [0.2, 0.25) is 0 Å². The number of hydrogen-bond acceptors (Lipinski definition) is 3. The predicted octanol–water partition coefficient (Wildman–Crippen LogP) is 2.84. The molecule has 2 heterocycles. The second-order valence-corrected chi connectivity index (χ2v) is 5.18. The number of aromatic amines is 1. The lowest BCUT2D eigenvalue weighted by Crippen LogP contribution is -2.01. The Balaban J connectivity index is 2.43. The Morgan fingerprint density at radius 2 is 2.44 bits per heavy atom. The molecule has 6 heteroatoms. The fourth-order valence-corrected chi connectivity index (χ4v) is 2.90. The number of carboxylic acids is 1. The Bertz CT molecular complexity index is 533. The zero-order chi connectivity index (χ0) is 11.7. The van der Waals surface area contributed by atoms with Gasteiger partial charge in [0.1, 0.15) is 11.5 Å². The Kier molecular flexibility index (Phi) is 3.11. The van der Waals surface area contributed by atoms with Crippen molar-refractivity contribution in [3.63, 3.8) is 0 Å². The van der Waals surface area contributed by atoms with E-state index in [9.17, 15) is 4.79 Å². The van der Waals surface area contributed by atoms with Gasteiger partial charge in [-0.3, -0.25) is 4.79 Å². The molecule has 2 N–H and O–H groups in total. The molecule has 0 spiro atoms. The predicted molar refractivity (Wildman–Crippen MR) is 65.7 cm³/mol. The number of aliphatic carboxylic acids is 1. The molecule has 0 bridgehead atoms. The summed E-state index contributed by atoms with van der Waals surface area (Å²) in [6.07, 6.45) is -0.0360. The average molecular weight is 301 g/mol. The van der Waals surface area contributed by atoms with E-state index in [1.54, 1.807) is 0 Å². The first-order valence-electron chi connectivity index (χ1n) is 4.58. The van der Waals surface area contributed by atoms with Crippen LogP contribution in [0.4, 0.5) is 0 Å². The smallest absolute Gasteiger partial charge is 0.309 e. The lowest BCUT2D eigenvalue weighted by molar-refractivity contribution is -0.136. The summed E-state index contributed by atoms with van der Waals surface area (Å²) in [5, 5.41) is 10.7. The summed E-state index contributed by atoms with van der Waals surface area (Å²) in [7, 11) is 0. The second-order valence-electron chi connectivity index (χ2n) is 3.35. The van der Waals surface area contributed by atoms with Crippen LogP contribution in [0.5, 0.6) is 0 Å². The maximum atomic E-state index is 10.7. The number of carbonyl (C=O) groups is 1. The zero-order valence-corrected chi connectivity index (χ0v) is 10.9. The summed E-state index contributed by atoms with van der Waals surface area (Å²) in [6, 6.07) is 1.94. The summed E-state index contributed by atoms with van der Waals surface area (Å²) < 4.78 is 0.981. The molecule has 2 aromatic heterocycles. The van der Waals surface area contributed by atoms with E-state index in [4.69, 9.17) is 5.11 Å². The summed E-state index contributed by atoms with van der Waals surface area (Å²) in [5.74, 6) is -0.128. The summed E-state index contributed by atoms with van der Waals surface area (Å²) in [5.41, 5.74) is 1.38. The molecule has 0 aliphatic heterocycles. The van der Waals surface area contributed by atoms with Crippen LogP contribution in [-0.4, -0.2) is 21.0 Å². The number of aromatic nitrogens is 2. The molecule has 0 unspecified atom stereocenters. The van der Waals surface area contributed by atoms with Crippen LogP contribution >= 0.6 is 27.3 Å². The topological polar surface area (TPSA) is 66.0 Å². The van der Waals surface area contributed by atoms with Gasteiger partial charge in [-0.1, -0.05) is 0 Å². The summed E-state index contributed by atoms with van der Waals surface area (Å²) in [4.78, 5) is 19.0. The minimum absolute atomic E-state index is 0.0360. The Morgan fingerprint density at radius 1 is 1.69 bits per heavy atom. The van der Waals surface area contributed by atoms with Crippen molar-refractivity contribution in [2.45, 2.75) is 13.3 Å². The molecule has 0 atom stereocenters. The number of hydrogen-bond donors (Lipinski definition) is 2. The van der Waals surface area contributed by atoms with Crippen molar-refractivity contribution in [1.82, 2.24) is 9.97 Å². The Hall–Kier alpha value is -1.14. The zero-order valence-electron chi connectivity index (χ0n) is 8.45. The number of aryl methyl sites for hydroxylation is 1. The van der Waals surface area contributed by atoms with E-state index in [-0.39, 0.29) is 6.42 Å². The van der Waals surface area contributed by atoms with Gasteiger partial charge in [0, 0.05) is 9.85 Å². The van der Waals surface area contributed by atoms with Gasteiger partial charge in [0.05, 0.1) is 17.0 Å². The van der Waals surface area contributed by atoms with Crippen LogP contribution in [0.15, 0.2) is 15.9 Å². The fraction of sp³-hybridized carbons (Fsp3) is 0.200. The van der Waals surface area contributed by atoms with Crippen molar-refractivity contribution in [2.24, 2.45) is 0 Å². The minimum atomic E-state index is -0.861.